The first-order valence-electron chi connectivity index (χ1n) is 8.14. The number of alkyl halides is 2. The van der Waals surface area contributed by atoms with Crippen LogP contribution in [0.15, 0.2) is 29.4 Å². The SMILES string of the molecule is CCNC(=NCc1cc(Cl)ccc1OC(F)F)NCCc1ncc(C)s1. The number of aliphatic imine (C=N–C) groups is 1. The lowest BCUT2D eigenvalue weighted by Gasteiger charge is -2.12. The van der Waals surface area contributed by atoms with Gasteiger partial charge in [0.2, 0.25) is 0 Å². The van der Waals surface area contributed by atoms with Crippen LogP contribution in [0.2, 0.25) is 5.02 Å². The fourth-order valence-corrected chi connectivity index (χ4v) is 3.17. The van der Waals surface area contributed by atoms with Crippen LogP contribution in [0, 0.1) is 6.92 Å². The molecule has 1 aromatic heterocycles. The van der Waals surface area contributed by atoms with Crippen molar-refractivity contribution in [1.82, 2.24) is 15.6 Å². The van der Waals surface area contributed by atoms with Crippen LogP contribution in [0.4, 0.5) is 8.78 Å². The number of guanidine groups is 1. The van der Waals surface area contributed by atoms with Crippen molar-refractivity contribution < 1.29 is 13.5 Å². The number of nitrogens with zero attached hydrogens (tertiary/aromatic N) is 2. The van der Waals surface area contributed by atoms with E-state index in [1.807, 2.05) is 20.0 Å². The number of ether oxygens (including phenoxy) is 1. The molecular weight excluding hydrogens is 382 g/mol. The zero-order valence-corrected chi connectivity index (χ0v) is 16.1. The predicted octanol–water partition coefficient (Wildman–Crippen LogP) is 4.00. The van der Waals surface area contributed by atoms with Gasteiger partial charge < -0.3 is 15.4 Å². The molecule has 1 heterocycles. The summed E-state index contributed by atoms with van der Waals surface area (Å²) in [7, 11) is 0. The van der Waals surface area contributed by atoms with Gasteiger partial charge in [-0.15, -0.1) is 11.3 Å². The maximum Gasteiger partial charge on any atom is 0.387 e. The van der Waals surface area contributed by atoms with Crippen molar-refractivity contribution in [2.24, 2.45) is 4.99 Å². The van der Waals surface area contributed by atoms with E-state index in [-0.39, 0.29) is 12.3 Å². The van der Waals surface area contributed by atoms with Crippen LogP contribution < -0.4 is 15.4 Å². The quantitative estimate of drug-likeness (QED) is 0.517. The summed E-state index contributed by atoms with van der Waals surface area (Å²) < 4.78 is 29.6. The minimum absolute atomic E-state index is 0.0715. The number of hydrogen-bond donors (Lipinski definition) is 2. The van der Waals surface area contributed by atoms with Gasteiger partial charge in [-0.05, 0) is 32.0 Å². The van der Waals surface area contributed by atoms with E-state index in [1.54, 1.807) is 17.4 Å². The van der Waals surface area contributed by atoms with Gasteiger partial charge in [0.25, 0.3) is 0 Å². The predicted molar refractivity (Wildman–Crippen MR) is 101 cm³/mol. The van der Waals surface area contributed by atoms with Gasteiger partial charge in [-0.25, -0.2) is 9.98 Å². The Hall–Kier alpha value is -1.93. The van der Waals surface area contributed by atoms with E-state index in [0.717, 1.165) is 11.4 Å². The zero-order chi connectivity index (χ0) is 18.9. The van der Waals surface area contributed by atoms with Crippen molar-refractivity contribution in [1.29, 1.82) is 0 Å². The molecule has 142 valence electrons. The average Bonchev–Trinajstić information content (AvgIpc) is 2.99. The van der Waals surface area contributed by atoms with Crippen molar-refractivity contribution in [3.8, 4) is 5.75 Å². The van der Waals surface area contributed by atoms with Gasteiger partial charge in [0.05, 0.1) is 11.6 Å². The summed E-state index contributed by atoms with van der Waals surface area (Å²) in [6.45, 7) is 2.57. The first kappa shape index (κ1) is 20.4. The zero-order valence-electron chi connectivity index (χ0n) is 14.6. The van der Waals surface area contributed by atoms with Crippen molar-refractivity contribution in [2.75, 3.05) is 13.1 Å². The summed E-state index contributed by atoms with van der Waals surface area (Å²) in [4.78, 5) is 9.91. The van der Waals surface area contributed by atoms with E-state index >= 15 is 0 Å². The fraction of sp³-hybridized carbons (Fsp3) is 0.412. The molecule has 0 saturated heterocycles. The molecule has 0 atom stereocenters. The average molecular weight is 403 g/mol. The molecule has 0 aliphatic heterocycles. The number of rotatable bonds is 8. The molecule has 2 N–H and O–H groups in total. The summed E-state index contributed by atoms with van der Waals surface area (Å²) in [5, 5.41) is 7.81. The van der Waals surface area contributed by atoms with Crippen molar-refractivity contribution in [3.05, 3.63) is 44.9 Å². The first-order chi connectivity index (χ1) is 12.5. The molecule has 2 rings (SSSR count). The van der Waals surface area contributed by atoms with Gasteiger partial charge >= 0.3 is 6.61 Å². The minimum atomic E-state index is -2.90. The molecule has 0 spiro atoms. The van der Waals surface area contributed by atoms with Gasteiger partial charge in [0.15, 0.2) is 5.96 Å². The van der Waals surface area contributed by atoms with Crippen LogP contribution >= 0.6 is 22.9 Å². The summed E-state index contributed by atoms with van der Waals surface area (Å²) in [5.74, 6) is 0.658. The van der Waals surface area contributed by atoms with E-state index in [1.165, 1.54) is 17.0 Å². The molecule has 9 heteroatoms. The number of aryl methyl sites for hydroxylation is 1. The van der Waals surface area contributed by atoms with E-state index < -0.39 is 6.61 Å². The highest BCUT2D eigenvalue weighted by Crippen LogP contribution is 2.25. The number of nitrogens with one attached hydrogen (secondary N) is 2. The Balaban J connectivity index is 2.00. The van der Waals surface area contributed by atoms with E-state index in [4.69, 9.17) is 11.6 Å². The lowest BCUT2D eigenvalue weighted by molar-refractivity contribution is -0.0504. The molecule has 0 aliphatic carbocycles. The van der Waals surface area contributed by atoms with Crippen LogP contribution in [0.5, 0.6) is 5.75 Å². The van der Waals surface area contributed by atoms with Crippen molar-refractivity contribution in [3.63, 3.8) is 0 Å². The third-order valence-electron chi connectivity index (χ3n) is 3.29. The molecular formula is C17H21ClF2N4OS. The molecule has 0 aliphatic rings. The fourth-order valence-electron chi connectivity index (χ4n) is 2.19. The van der Waals surface area contributed by atoms with E-state index in [2.05, 4.69) is 25.3 Å². The Labute approximate surface area is 160 Å². The molecule has 0 unspecified atom stereocenters. The summed E-state index contributed by atoms with van der Waals surface area (Å²) >= 11 is 7.61. The van der Waals surface area contributed by atoms with Crippen LogP contribution in [0.1, 0.15) is 22.4 Å². The number of thiazole rings is 1. The third-order valence-corrected chi connectivity index (χ3v) is 4.50. The molecule has 0 fully saturated rings. The largest absolute Gasteiger partial charge is 0.434 e. The first-order valence-corrected chi connectivity index (χ1v) is 9.34. The summed E-state index contributed by atoms with van der Waals surface area (Å²) in [6, 6.07) is 4.50. The summed E-state index contributed by atoms with van der Waals surface area (Å²) in [6.07, 6.45) is 2.63. The third kappa shape index (κ3) is 6.76. The standard InChI is InChI=1S/C17H21ClF2N4OS/c1-3-21-17(22-7-6-15-23-9-11(2)26-15)24-10-12-8-13(18)4-5-14(12)25-16(19)20/h4-5,8-9,16H,3,6-7,10H2,1-2H3,(H2,21,22,24). The normalized spacial score (nSPS) is 11.7. The Morgan fingerprint density at radius 2 is 2.19 bits per heavy atom. The van der Waals surface area contributed by atoms with Crippen LogP contribution in [0.25, 0.3) is 0 Å². The Morgan fingerprint density at radius 1 is 1.38 bits per heavy atom. The topological polar surface area (TPSA) is 58.5 Å². The lowest BCUT2D eigenvalue weighted by Crippen LogP contribution is -2.38. The maximum atomic E-state index is 12.5. The molecule has 0 bridgehead atoms. The summed E-state index contributed by atoms with van der Waals surface area (Å²) in [5.41, 5.74) is 0.491. The molecule has 2 aromatic rings. The van der Waals surface area contributed by atoms with Gasteiger partial charge in [0.1, 0.15) is 5.75 Å². The minimum Gasteiger partial charge on any atom is -0.434 e. The Morgan fingerprint density at radius 3 is 2.85 bits per heavy atom. The monoisotopic (exact) mass is 402 g/mol. The Bertz CT molecular complexity index is 739. The van der Waals surface area contributed by atoms with Crippen molar-refractivity contribution >= 4 is 28.9 Å². The Kier molecular flexibility index (Phi) is 8.06. The van der Waals surface area contributed by atoms with Gasteiger partial charge in [-0.2, -0.15) is 8.78 Å². The molecule has 5 nitrogen and oxygen atoms in total. The van der Waals surface area contributed by atoms with Crippen LogP contribution in [-0.2, 0) is 13.0 Å². The highest BCUT2D eigenvalue weighted by Gasteiger charge is 2.10. The highest BCUT2D eigenvalue weighted by molar-refractivity contribution is 7.11. The second-order valence-corrected chi connectivity index (χ2v) is 7.12. The maximum absolute atomic E-state index is 12.5. The van der Waals surface area contributed by atoms with Crippen LogP contribution in [0.3, 0.4) is 0 Å². The van der Waals surface area contributed by atoms with Crippen LogP contribution in [-0.4, -0.2) is 30.6 Å². The number of halogens is 3. The molecule has 0 amide bonds. The highest BCUT2D eigenvalue weighted by atomic mass is 35.5. The van der Waals surface area contributed by atoms with Gasteiger partial charge in [0, 0.05) is 41.2 Å². The van der Waals surface area contributed by atoms with E-state index in [9.17, 15) is 8.78 Å². The second kappa shape index (κ2) is 10.3. The smallest absolute Gasteiger partial charge is 0.387 e. The molecule has 1 aromatic carbocycles. The van der Waals surface area contributed by atoms with Gasteiger partial charge in [-0.3, -0.25) is 0 Å². The molecule has 26 heavy (non-hydrogen) atoms. The van der Waals surface area contributed by atoms with Gasteiger partial charge in [-0.1, -0.05) is 11.6 Å². The van der Waals surface area contributed by atoms with E-state index in [0.29, 0.717) is 29.6 Å². The molecule has 0 radical (unpaired) electrons. The second-order valence-electron chi connectivity index (χ2n) is 5.37. The lowest BCUT2D eigenvalue weighted by atomic mass is 10.2. The number of benzene rings is 1. The number of hydrogen-bond acceptors (Lipinski definition) is 4. The number of aromatic nitrogens is 1. The molecule has 0 saturated carbocycles. The van der Waals surface area contributed by atoms with Crippen molar-refractivity contribution in [2.45, 2.75) is 33.4 Å².